The quantitative estimate of drug-likeness (QED) is 0.718. The summed E-state index contributed by atoms with van der Waals surface area (Å²) in [5.41, 5.74) is 5.44. The average Bonchev–Trinajstić information content (AvgIpc) is 2.51. The Balaban J connectivity index is 2.18. The Kier molecular flexibility index (Phi) is 1.98. The molecule has 2 aromatic rings. The normalized spacial score (nSPS) is 10.1. The van der Waals surface area contributed by atoms with Crippen molar-refractivity contribution in [1.82, 2.24) is 24.7 Å². The summed E-state index contributed by atoms with van der Waals surface area (Å²) in [5.74, 6) is 0.662. The molecular formula is C7H8N6O. The van der Waals surface area contributed by atoms with Gasteiger partial charge in [0, 0.05) is 13.1 Å². The van der Waals surface area contributed by atoms with Crippen molar-refractivity contribution in [1.29, 1.82) is 0 Å². The lowest BCUT2D eigenvalue weighted by Gasteiger charge is -1.98. The largest absolute Gasteiger partial charge is 0.404 e. The number of anilines is 1. The number of aromatic nitrogens is 5. The first kappa shape index (κ1) is 8.42. The van der Waals surface area contributed by atoms with Crippen LogP contribution in [0.5, 0.6) is 11.9 Å². The van der Waals surface area contributed by atoms with Gasteiger partial charge in [0.25, 0.3) is 0 Å². The first-order valence-electron chi connectivity index (χ1n) is 3.85. The first-order valence-corrected chi connectivity index (χ1v) is 3.85. The zero-order valence-electron chi connectivity index (χ0n) is 7.45. The molecule has 14 heavy (non-hydrogen) atoms. The van der Waals surface area contributed by atoms with Crippen LogP contribution >= 0.6 is 0 Å². The van der Waals surface area contributed by atoms with E-state index in [2.05, 4.69) is 20.1 Å². The molecule has 0 radical (unpaired) electrons. The van der Waals surface area contributed by atoms with Crippen molar-refractivity contribution >= 4 is 5.82 Å². The van der Waals surface area contributed by atoms with Crippen LogP contribution in [0.3, 0.4) is 0 Å². The van der Waals surface area contributed by atoms with Gasteiger partial charge in [0.2, 0.25) is 5.88 Å². The molecule has 0 saturated carbocycles. The number of nitrogen functional groups attached to an aromatic ring is 1. The second-order valence-corrected chi connectivity index (χ2v) is 2.58. The van der Waals surface area contributed by atoms with Gasteiger partial charge in [-0.2, -0.15) is 4.98 Å². The molecule has 7 nitrogen and oxygen atoms in total. The summed E-state index contributed by atoms with van der Waals surface area (Å²) in [6, 6.07) is 1.72. The second kappa shape index (κ2) is 3.29. The van der Waals surface area contributed by atoms with Gasteiger partial charge in [-0.25, -0.2) is 9.97 Å². The highest BCUT2D eigenvalue weighted by Gasteiger charge is 2.03. The SMILES string of the molecule is Cn1cnc(Oc2cc(N)ncn2)n1. The summed E-state index contributed by atoms with van der Waals surface area (Å²) in [5, 5.41) is 3.92. The van der Waals surface area contributed by atoms with Gasteiger partial charge in [0.1, 0.15) is 18.5 Å². The maximum absolute atomic E-state index is 5.44. The van der Waals surface area contributed by atoms with E-state index < -0.39 is 0 Å². The Morgan fingerprint density at radius 1 is 1.36 bits per heavy atom. The van der Waals surface area contributed by atoms with Crippen LogP contribution in [0, 0.1) is 0 Å². The molecule has 0 saturated heterocycles. The fraction of sp³-hybridized carbons (Fsp3) is 0.143. The van der Waals surface area contributed by atoms with E-state index in [9.17, 15) is 0 Å². The molecule has 7 heteroatoms. The molecule has 0 bridgehead atoms. The van der Waals surface area contributed by atoms with Crippen molar-refractivity contribution in [2.75, 3.05) is 5.73 Å². The van der Waals surface area contributed by atoms with Gasteiger partial charge in [0.05, 0.1) is 0 Å². The van der Waals surface area contributed by atoms with Crippen LogP contribution in [0.4, 0.5) is 5.82 Å². The van der Waals surface area contributed by atoms with Gasteiger partial charge >= 0.3 is 6.01 Å². The molecule has 2 rings (SSSR count). The van der Waals surface area contributed by atoms with Crippen LogP contribution in [-0.2, 0) is 7.05 Å². The third kappa shape index (κ3) is 1.76. The molecule has 0 aliphatic carbocycles. The highest BCUT2D eigenvalue weighted by molar-refractivity contribution is 5.31. The summed E-state index contributed by atoms with van der Waals surface area (Å²) in [4.78, 5) is 11.4. The molecular weight excluding hydrogens is 184 g/mol. The number of ether oxygens (including phenoxy) is 1. The number of hydrogen-bond acceptors (Lipinski definition) is 6. The molecule has 0 amide bonds. The fourth-order valence-corrected chi connectivity index (χ4v) is 0.869. The lowest BCUT2D eigenvalue weighted by atomic mass is 10.6. The number of aryl methyl sites for hydroxylation is 1. The smallest absolute Gasteiger partial charge is 0.342 e. The number of nitrogens with two attached hydrogens (primary N) is 1. The molecule has 0 aliphatic rings. The van der Waals surface area contributed by atoms with E-state index in [4.69, 9.17) is 10.5 Å². The number of rotatable bonds is 2. The Morgan fingerprint density at radius 3 is 2.86 bits per heavy atom. The van der Waals surface area contributed by atoms with Crippen molar-refractivity contribution in [3.8, 4) is 11.9 Å². The summed E-state index contributed by atoms with van der Waals surface area (Å²) in [7, 11) is 1.74. The van der Waals surface area contributed by atoms with Crippen LogP contribution in [0.1, 0.15) is 0 Å². The predicted octanol–water partition coefficient (Wildman–Crippen LogP) is -0.0204. The van der Waals surface area contributed by atoms with E-state index in [1.807, 2.05) is 0 Å². The Bertz CT molecular complexity index is 439. The van der Waals surface area contributed by atoms with E-state index in [0.29, 0.717) is 11.7 Å². The predicted molar refractivity (Wildman–Crippen MR) is 47.5 cm³/mol. The van der Waals surface area contributed by atoms with Crippen LogP contribution in [-0.4, -0.2) is 24.7 Å². The van der Waals surface area contributed by atoms with Crippen molar-refractivity contribution in [2.24, 2.45) is 7.05 Å². The molecule has 2 N–H and O–H groups in total. The number of hydrogen-bond donors (Lipinski definition) is 1. The highest BCUT2D eigenvalue weighted by Crippen LogP contribution is 2.14. The molecule has 0 atom stereocenters. The minimum absolute atomic E-state index is 0.227. The van der Waals surface area contributed by atoms with E-state index >= 15 is 0 Å². The summed E-state index contributed by atoms with van der Waals surface area (Å²) in [6.07, 6.45) is 2.84. The summed E-state index contributed by atoms with van der Waals surface area (Å²) >= 11 is 0. The second-order valence-electron chi connectivity index (χ2n) is 2.58. The van der Waals surface area contributed by atoms with Crippen molar-refractivity contribution in [2.45, 2.75) is 0 Å². The molecule has 0 aliphatic heterocycles. The summed E-state index contributed by atoms with van der Waals surface area (Å²) in [6.45, 7) is 0. The molecule has 0 spiro atoms. The van der Waals surface area contributed by atoms with Crippen molar-refractivity contribution in [3.63, 3.8) is 0 Å². The van der Waals surface area contributed by atoms with Gasteiger partial charge in [-0.05, 0) is 0 Å². The van der Waals surface area contributed by atoms with Gasteiger partial charge < -0.3 is 10.5 Å². The zero-order valence-corrected chi connectivity index (χ0v) is 7.45. The monoisotopic (exact) mass is 192 g/mol. The van der Waals surface area contributed by atoms with Gasteiger partial charge in [0.15, 0.2) is 0 Å². The van der Waals surface area contributed by atoms with E-state index in [0.717, 1.165) is 0 Å². The molecule has 2 heterocycles. The average molecular weight is 192 g/mol. The fourth-order valence-electron chi connectivity index (χ4n) is 0.869. The van der Waals surface area contributed by atoms with E-state index in [1.54, 1.807) is 7.05 Å². The van der Waals surface area contributed by atoms with Crippen molar-refractivity contribution < 1.29 is 4.74 Å². The van der Waals surface area contributed by atoms with Gasteiger partial charge in [-0.3, -0.25) is 4.68 Å². The van der Waals surface area contributed by atoms with Crippen LogP contribution in [0.2, 0.25) is 0 Å². The van der Waals surface area contributed by atoms with Gasteiger partial charge in [-0.1, -0.05) is 0 Å². The minimum atomic E-state index is 0.227. The van der Waals surface area contributed by atoms with Crippen LogP contribution in [0.15, 0.2) is 18.7 Å². The zero-order chi connectivity index (χ0) is 9.97. The van der Waals surface area contributed by atoms with E-state index in [1.165, 1.54) is 23.4 Å². The highest BCUT2D eigenvalue weighted by atomic mass is 16.5. The maximum atomic E-state index is 5.44. The molecule has 0 aromatic carbocycles. The first-order chi connectivity index (χ1) is 6.74. The lowest BCUT2D eigenvalue weighted by molar-refractivity contribution is 0.422. The van der Waals surface area contributed by atoms with Gasteiger partial charge in [-0.15, -0.1) is 5.10 Å². The Morgan fingerprint density at radius 2 is 2.21 bits per heavy atom. The summed E-state index contributed by atoms with van der Waals surface area (Å²) < 4.78 is 6.73. The van der Waals surface area contributed by atoms with Crippen LogP contribution in [0.25, 0.3) is 0 Å². The standard InChI is InChI=1S/C7H8N6O/c1-13-4-11-7(12-13)14-6-2-5(8)9-3-10-6/h2-4H,1H3,(H2,8,9,10). The molecule has 72 valence electrons. The third-order valence-electron chi connectivity index (χ3n) is 1.44. The molecule has 0 fully saturated rings. The lowest BCUT2D eigenvalue weighted by Crippen LogP contribution is -1.95. The maximum Gasteiger partial charge on any atom is 0.342 e. The molecule has 2 aromatic heterocycles. The topological polar surface area (TPSA) is 91.7 Å². The van der Waals surface area contributed by atoms with Crippen molar-refractivity contribution in [3.05, 3.63) is 18.7 Å². The minimum Gasteiger partial charge on any atom is -0.404 e. The Labute approximate surface area is 79.6 Å². The third-order valence-corrected chi connectivity index (χ3v) is 1.44. The molecule has 0 unspecified atom stereocenters. The van der Waals surface area contributed by atoms with E-state index in [-0.39, 0.29) is 6.01 Å². The Hall–Kier alpha value is -2.18. The number of nitrogens with zero attached hydrogens (tertiary/aromatic N) is 5. The van der Waals surface area contributed by atoms with Crippen LogP contribution < -0.4 is 10.5 Å².